The summed E-state index contributed by atoms with van der Waals surface area (Å²) in [4.78, 5) is 6.85. The molecule has 0 radical (unpaired) electrons. The van der Waals surface area contributed by atoms with Crippen LogP contribution in [-0.4, -0.2) is 48.2 Å². The third kappa shape index (κ3) is 8.35. The SMILES string of the molecule is CCCC1CCC(NC(=NC)NCc2ccc(CN3CCC(O)CC3)cc2)CC1.I. The fourth-order valence-electron chi connectivity index (χ4n) is 4.68. The van der Waals surface area contributed by atoms with Gasteiger partial charge in [0.05, 0.1) is 6.10 Å². The first kappa shape index (κ1) is 25.4. The number of guanidine groups is 1. The molecule has 1 aliphatic heterocycles. The Morgan fingerprint density at radius 3 is 2.27 bits per heavy atom. The lowest BCUT2D eigenvalue weighted by molar-refractivity contribution is 0.0792. The topological polar surface area (TPSA) is 59.9 Å². The molecule has 1 aliphatic carbocycles. The van der Waals surface area contributed by atoms with Gasteiger partial charge in [-0.25, -0.2) is 0 Å². The fourth-order valence-corrected chi connectivity index (χ4v) is 4.68. The van der Waals surface area contributed by atoms with Crippen LogP contribution in [0.4, 0.5) is 0 Å². The summed E-state index contributed by atoms with van der Waals surface area (Å²) in [6, 6.07) is 9.44. The molecule has 1 aromatic rings. The Balaban J connectivity index is 0.00000320. The predicted octanol–water partition coefficient (Wildman–Crippen LogP) is 4.29. The van der Waals surface area contributed by atoms with Crippen molar-refractivity contribution < 1.29 is 5.11 Å². The summed E-state index contributed by atoms with van der Waals surface area (Å²) >= 11 is 0. The highest BCUT2D eigenvalue weighted by Gasteiger charge is 2.21. The second kappa shape index (κ2) is 13.5. The summed E-state index contributed by atoms with van der Waals surface area (Å²) in [7, 11) is 1.86. The highest BCUT2D eigenvalue weighted by Crippen LogP contribution is 2.27. The molecule has 1 saturated carbocycles. The lowest BCUT2D eigenvalue weighted by Crippen LogP contribution is -2.44. The molecule has 5 nitrogen and oxygen atoms in total. The van der Waals surface area contributed by atoms with Gasteiger partial charge in [0.15, 0.2) is 5.96 Å². The van der Waals surface area contributed by atoms with Crippen LogP contribution in [0.1, 0.15) is 69.4 Å². The number of hydrogen-bond donors (Lipinski definition) is 3. The number of benzene rings is 1. The molecule has 0 amide bonds. The van der Waals surface area contributed by atoms with Gasteiger partial charge >= 0.3 is 0 Å². The van der Waals surface area contributed by atoms with Crippen molar-refractivity contribution in [3.63, 3.8) is 0 Å². The highest BCUT2D eigenvalue weighted by atomic mass is 127. The summed E-state index contributed by atoms with van der Waals surface area (Å²) in [5.74, 6) is 1.85. The highest BCUT2D eigenvalue weighted by molar-refractivity contribution is 14.0. The van der Waals surface area contributed by atoms with Crippen molar-refractivity contribution in [1.29, 1.82) is 0 Å². The second-order valence-electron chi connectivity index (χ2n) is 8.90. The van der Waals surface area contributed by atoms with E-state index in [0.29, 0.717) is 6.04 Å². The van der Waals surface area contributed by atoms with Gasteiger partial charge in [-0.3, -0.25) is 9.89 Å². The van der Waals surface area contributed by atoms with E-state index in [1.165, 1.54) is 49.7 Å². The van der Waals surface area contributed by atoms with Crippen molar-refractivity contribution >= 4 is 29.9 Å². The first-order chi connectivity index (χ1) is 14.2. The molecule has 0 atom stereocenters. The van der Waals surface area contributed by atoms with Crippen LogP contribution in [0.25, 0.3) is 0 Å². The minimum atomic E-state index is -0.103. The number of aliphatic hydroxyl groups is 1. The average Bonchev–Trinajstić information content (AvgIpc) is 2.75. The lowest BCUT2D eigenvalue weighted by Gasteiger charge is -2.30. The molecule has 3 rings (SSSR count). The molecule has 170 valence electrons. The summed E-state index contributed by atoms with van der Waals surface area (Å²) in [6.07, 6.45) is 9.60. The number of hydrogen-bond acceptors (Lipinski definition) is 3. The average molecular weight is 529 g/mol. The second-order valence-corrected chi connectivity index (χ2v) is 8.90. The van der Waals surface area contributed by atoms with E-state index in [4.69, 9.17) is 0 Å². The van der Waals surface area contributed by atoms with Gasteiger partial charge in [-0.15, -0.1) is 24.0 Å². The number of halogens is 1. The van der Waals surface area contributed by atoms with Gasteiger partial charge in [-0.2, -0.15) is 0 Å². The largest absolute Gasteiger partial charge is 0.393 e. The van der Waals surface area contributed by atoms with Crippen molar-refractivity contribution in [1.82, 2.24) is 15.5 Å². The van der Waals surface area contributed by atoms with Crippen molar-refractivity contribution in [2.75, 3.05) is 20.1 Å². The third-order valence-electron chi connectivity index (χ3n) is 6.55. The first-order valence-electron chi connectivity index (χ1n) is 11.6. The van der Waals surface area contributed by atoms with Gasteiger partial charge in [0.25, 0.3) is 0 Å². The molecule has 0 aromatic heterocycles. The quantitative estimate of drug-likeness (QED) is 0.281. The van der Waals surface area contributed by atoms with E-state index in [-0.39, 0.29) is 30.1 Å². The van der Waals surface area contributed by atoms with E-state index in [0.717, 1.165) is 50.9 Å². The zero-order chi connectivity index (χ0) is 20.5. The number of nitrogens with one attached hydrogen (secondary N) is 2. The van der Waals surface area contributed by atoms with Crippen LogP contribution in [0, 0.1) is 5.92 Å². The smallest absolute Gasteiger partial charge is 0.191 e. The van der Waals surface area contributed by atoms with Crippen LogP contribution in [0.15, 0.2) is 29.3 Å². The number of piperidine rings is 1. The number of aliphatic hydroxyl groups excluding tert-OH is 1. The Morgan fingerprint density at radius 2 is 1.67 bits per heavy atom. The van der Waals surface area contributed by atoms with Crippen molar-refractivity contribution in [3.05, 3.63) is 35.4 Å². The normalized spacial score (nSPS) is 23.6. The van der Waals surface area contributed by atoms with E-state index in [2.05, 4.69) is 51.7 Å². The number of aliphatic imine (C=N–C) groups is 1. The van der Waals surface area contributed by atoms with Crippen LogP contribution in [-0.2, 0) is 13.1 Å². The Hall–Kier alpha value is -0.860. The Morgan fingerprint density at radius 1 is 1.03 bits per heavy atom. The van der Waals surface area contributed by atoms with Gasteiger partial charge in [-0.05, 0) is 55.6 Å². The number of nitrogens with zero attached hydrogens (tertiary/aromatic N) is 2. The van der Waals surface area contributed by atoms with E-state index in [1.54, 1.807) is 0 Å². The van der Waals surface area contributed by atoms with Gasteiger partial charge in [-0.1, -0.05) is 44.0 Å². The third-order valence-corrected chi connectivity index (χ3v) is 6.55. The molecule has 0 bridgehead atoms. The van der Waals surface area contributed by atoms with Gasteiger partial charge < -0.3 is 15.7 Å². The standard InChI is InChI=1S/C24H40N4O.HI/c1-3-4-19-9-11-22(12-10-19)27-24(25-2)26-17-20-5-7-21(8-6-20)18-28-15-13-23(29)14-16-28;/h5-8,19,22-23,29H,3-4,9-18H2,1-2H3,(H2,25,26,27);1H. The van der Waals surface area contributed by atoms with Crippen LogP contribution in [0.5, 0.6) is 0 Å². The molecule has 30 heavy (non-hydrogen) atoms. The maximum atomic E-state index is 9.64. The zero-order valence-electron chi connectivity index (χ0n) is 18.8. The Bertz CT molecular complexity index is 621. The van der Waals surface area contributed by atoms with Crippen molar-refractivity contribution in [3.8, 4) is 0 Å². The molecule has 1 saturated heterocycles. The lowest BCUT2D eigenvalue weighted by atomic mass is 9.83. The number of likely N-dealkylation sites (tertiary alicyclic amines) is 1. The van der Waals surface area contributed by atoms with Gasteiger partial charge in [0, 0.05) is 39.3 Å². The monoisotopic (exact) mass is 528 g/mol. The van der Waals surface area contributed by atoms with Crippen LogP contribution < -0.4 is 10.6 Å². The molecule has 1 aromatic carbocycles. The minimum Gasteiger partial charge on any atom is -0.393 e. The molecule has 6 heteroatoms. The number of rotatable bonds is 7. The molecular weight excluding hydrogens is 487 g/mol. The van der Waals surface area contributed by atoms with Crippen molar-refractivity contribution in [2.24, 2.45) is 10.9 Å². The molecule has 3 N–H and O–H groups in total. The van der Waals surface area contributed by atoms with Crippen LogP contribution in [0.3, 0.4) is 0 Å². The first-order valence-corrected chi connectivity index (χ1v) is 11.6. The predicted molar refractivity (Wildman–Crippen MR) is 136 cm³/mol. The maximum absolute atomic E-state index is 9.64. The fraction of sp³-hybridized carbons (Fsp3) is 0.708. The van der Waals surface area contributed by atoms with Gasteiger partial charge in [0.2, 0.25) is 0 Å². The summed E-state index contributed by atoms with van der Waals surface area (Å²) in [6.45, 7) is 6.05. The molecule has 2 aliphatic rings. The van der Waals surface area contributed by atoms with Crippen molar-refractivity contribution in [2.45, 2.75) is 83.5 Å². The van der Waals surface area contributed by atoms with E-state index in [1.807, 2.05) is 7.05 Å². The van der Waals surface area contributed by atoms with E-state index >= 15 is 0 Å². The van der Waals surface area contributed by atoms with Crippen LogP contribution >= 0.6 is 24.0 Å². The molecular formula is C24H41IN4O. The van der Waals surface area contributed by atoms with E-state index < -0.39 is 0 Å². The molecule has 2 fully saturated rings. The summed E-state index contributed by atoms with van der Waals surface area (Å²) < 4.78 is 0. The minimum absolute atomic E-state index is 0. The summed E-state index contributed by atoms with van der Waals surface area (Å²) in [5.41, 5.74) is 2.62. The maximum Gasteiger partial charge on any atom is 0.191 e. The summed E-state index contributed by atoms with van der Waals surface area (Å²) in [5, 5.41) is 16.7. The molecule has 0 unspecified atom stereocenters. The molecule has 1 heterocycles. The Kier molecular flexibility index (Phi) is 11.5. The van der Waals surface area contributed by atoms with Crippen LogP contribution in [0.2, 0.25) is 0 Å². The van der Waals surface area contributed by atoms with Gasteiger partial charge in [0.1, 0.15) is 0 Å². The molecule has 0 spiro atoms. The van der Waals surface area contributed by atoms with E-state index in [9.17, 15) is 5.11 Å². The zero-order valence-corrected chi connectivity index (χ0v) is 21.1. The Labute approximate surface area is 200 Å².